The third kappa shape index (κ3) is 2.99. The zero-order chi connectivity index (χ0) is 8.27. The number of carbonyl (C=O) groups excluding carboxylic acids is 1. The van der Waals surface area contributed by atoms with Gasteiger partial charge in [0, 0.05) is 7.11 Å². The van der Waals surface area contributed by atoms with E-state index < -0.39 is 0 Å². The third-order valence-corrected chi connectivity index (χ3v) is 1.86. The fourth-order valence-electron chi connectivity index (χ4n) is 1.09. The highest BCUT2D eigenvalue weighted by molar-refractivity contribution is 5.77. The minimum atomic E-state index is 0.0962. The standard InChI is InChI=1S/C8H15NO2/c1-6(10)5-9-8(11-2)7-3-4-7/h7-9H,3-5H2,1-2H3. The molecule has 1 aliphatic rings. The maximum absolute atomic E-state index is 10.6. The van der Waals surface area contributed by atoms with Crippen molar-refractivity contribution in [1.82, 2.24) is 5.32 Å². The zero-order valence-electron chi connectivity index (χ0n) is 7.09. The Balaban J connectivity index is 2.15. The second-order valence-electron chi connectivity index (χ2n) is 3.08. The number of hydrogen-bond donors (Lipinski definition) is 1. The summed E-state index contributed by atoms with van der Waals surface area (Å²) < 4.78 is 5.16. The fraction of sp³-hybridized carbons (Fsp3) is 0.875. The number of nitrogens with one attached hydrogen (secondary N) is 1. The zero-order valence-corrected chi connectivity index (χ0v) is 7.09. The van der Waals surface area contributed by atoms with Crippen molar-refractivity contribution in [3.63, 3.8) is 0 Å². The lowest BCUT2D eigenvalue weighted by atomic mass is 10.3. The van der Waals surface area contributed by atoms with Crippen molar-refractivity contribution in [2.75, 3.05) is 13.7 Å². The first-order valence-corrected chi connectivity index (χ1v) is 3.99. The molecule has 0 radical (unpaired) electrons. The van der Waals surface area contributed by atoms with Crippen LogP contribution in [0.25, 0.3) is 0 Å². The molecule has 1 aliphatic carbocycles. The van der Waals surface area contributed by atoms with Crippen molar-refractivity contribution in [3.8, 4) is 0 Å². The van der Waals surface area contributed by atoms with E-state index in [9.17, 15) is 4.79 Å². The van der Waals surface area contributed by atoms with E-state index >= 15 is 0 Å². The number of ketones is 1. The van der Waals surface area contributed by atoms with Crippen LogP contribution in [-0.4, -0.2) is 25.7 Å². The molecule has 1 rings (SSSR count). The van der Waals surface area contributed by atoms with Crippen LogP contribution in [0.1, 0.15) is 19.8 Å². The second-order valence-corrected chi connectivity index (χ2v) is 3.08. The quantitative estimate of drug-likeness (QED) is 0.592. The number of methoxy groups -OCH3 is 1. The maximum atomic E-state index is 10.6. The average molecular weight is 157 g/mol. The SMILES string of the molecule is COC(NCC(C)=O)C1CC1. The fourth-order valence-corrected chi connectivity index (χ4v) is 1.09. The van der Waals surface area contributed by atoms with Gasteiger partial charge in [0.15, 0.2) is 0 Å². The summed E-state index contributed by atoms with van der Waals surface area (Å²) in [4.78, 5) is 10.6. The van der Waals surface area contributed by atoms with E-state index in [0.717, 1.165) is 0 Å². The van der Waals surface area contributed by atoms with Gasteiger partial charge < -0.3 is 4.74 Å². The van der Waals surface area contributed by atoms with Crippen LogP contribution in [0.4, 0.5) is 0 Å². The van der Waals surface area contributed by atoms with Crippen LogP contribution in [0.3, 0.4) is 0 Å². The predicted molar refractivity (Wildman–Crippen MR) is 42.2 cm³/mol. The molecule has 0 spiro atoms. The number of hydrogen-bond acceptors (Lipinski definition) is 3. The first-order chi connectivity index (χ1) is 5.24. The van der Waals surface area contributed by atoms with Gasteiger partial charge in [-0.25, -0.2) is 0 Å². The molecule has 3 nitrogen and oxygen atoms in total. The largest absolute Gasteiger partial charge is 0.366 e. The number of rotatable bonds is 5. The molecule has 1 atom stereocenters. The Morgan fingerprint density at radius 3 is 2.73 bits per heavy atom. The van der Waals surface area contributed by atoms with E-state index in [1.807, 2.05) is 0 Å². The average Bonchev–Trinajstić information content (AvgIpc) is 2.72. The Bertz CT molecular complexity index is 143. The molecule has 0 aromatic carbocycles. The lowest BCUT2D eigenvalue weighted by Gasteiger charge is -2.14. The molecule has 1 fully saturated rings. The monoisotopic (exact) mass is 157 g/mol. The summed E-state index contributed by atoms with van der Waals surface area (Å²) in [5.41, 5.74) is 0. The van der Waals surface area contributed by atoms with Gasteiger partial charge in [0.25, 0.3) is 0 Å². The van der Waals surface area contributed by atoms with Gasteiger partial charge in [-0.2, -0.15) is 0 Å². The van der Waals surface area contributed by atoms with Crippen molar-refractivity contribution in [2.24, 2.45) is 5.92 Å². The first-order valence-electron chi connectivity index (χ1n) is 3.99. The van der Waals surface area contributed by atoms with Crippen molar-refractivity contribution >= 4 is 5.78 Å². The Morgan fingerprint density at radius 1 is 1.73 bits per heavy atom. The van der Waals surface area contributed by atoms with Gasteiger partial charge >= 0.3 is 0 Å². The molecular formula is C8H15NO2. The van der Waals surface area contributed by atoms with Crippen molar-refractivity contribution in [3.05, 3.63) is 0 Å². The van der Waals surface area contributed by atoms with Gasteiger partial charge in [-0.1, -0.05) is 0 Å². The van der Waals surface area contributed by atoms with E-state index in [-0.39, 0.29) is 12.0 Å². The Kier molecular flexibility index (Phi) is 3.02. The minimum absolute atomic E-state index is 0.0962. The normalized spacial score (nSPS) is 19.8. The summed E-state index contributed by atoms with van der Waals surface area (Å²) in [5.74, 6) is 0.798. The van der Waals surface area contributed by atoms with E-state index in [4.69, 9.17) is 4.74 Å². The van der Waals surface area contributed by atoms with Gasteiger partial charge in [0.2, 0.25) is 0 Å². The van der Waals surface area contributed by atoms with Gasteiger partial charge in [0.05, 0.1) is 6.54 Å². The van der Waals surface area contributed by atoms with E-state index in [1.54, 1.807) is 14.0 Å². The van der Waals surface area contributed by atoms with Crippen LogP contribution in [0.5, 0.6) is 0 Å². The van der Waals surface area contributed by atoms with Crippen LogP contribution in [0, 0.1) is 5.92 Å². The lowest BCUT2D eigenvalue weighted by Crippen LogP contribution is -2.35. The molecule has 0 aromatic heterocycles. The van der Waals surface area contributed by atoms with E-state index in [2.05, 4.69) is 5.32 Å². The summed E-state index contributed by atoms with van der Waals surface area (Å²) in [6.07, 6.45) is 2.55. The first kappa shape index (κ1) is 8.68. The summed E-state index contributed by atoms with van der Waals surface area (Å²) in [6, 6.07) is 0. The molecule has 0 heterocycles. The third-order valence-electron chi connectivity index (χ3n) is 1.86. The van der Waals surface area contributed by atoms with Gasteiger partial charge in [-0.3, -0.25) is 10.1 Å². The van der Waals surface area contributed by atoms with Crippen LogP contribution in [0.2, 0.25) is 0 Å². The van der Waals surface area contributed by atoms with E-state index in [0.29, 0.717) is 12.5 Å². The highest BCUT2D eigenvalue weighted by Crippen LogP contribution is 2.32. The number of Topliss-reactive ketones (excluding diaryl/α,β-unsaturated/α-hetero) is 1. The molecule has 64 valence electrons. The van der Waals surface area contributed by atoms with Gasteiger partial charge in [-0.15, -0.1) is 0 Å². The van der Waals surface area contributed by atoms with E-state index in [1.165, 1.54) is 12.8 Å². The molecule has 0 aliphatic heterocycles. The number of ether oxygens (including phenoxy) is 1. The van der Waals surface area contributed by atoms with Crippen LogP contribution >= 0.6 is 0 Å². The molecule has 0 aromatic rings. The van der Waals surface area contributed by atoms with Crippen molar-refractivity contribution in [1.29, 1.82) is 0 Å². The summed E-state index contributed by atoms with van der Waals surface area (Å²) in [5, 5.41) is 3.06. The maximum Gasteiger partial charge on any atom is 0.143 e. The molecule has 0 amide bonds. The molecule has 3 heteroatoms. The van der Waals surface area contributed by atoms with Crippen LogP contribution in [0.15, 0.2) is 0 Å². The lowest BCUT2D eigenvalue weighted by molar-refractivity contribution is -0.117. The van der Waals surface area contributed by atoms with Crippen molar-refractivity contribution in [2.45, 2.75) is 26.0 Å². The van der Waals surface area contributed by atoms with Gasteiger partial charge in [-0.05, 0) is 25.7 Å². The number of carbonyl (C=O) groups is 1. The molecule has 1 saturated carbocycles. The highest BCUT2D eigenvalue weighted by Gasteiger charge is 2.30. The Morgan fingerprint density at radius 2 is 2.36 bits per heavy atom. The highest BCUT2D eigenvalue weighted by atomic mass is 16.5. The smallest absolute Gasteiger partial charge is 0.143 e. The summed E-state index contributed by atoms with van der Waals surface area (Å²) in [7, 11) is 1.68. The van der Waals surface area contributed by atoms with Crippen LogP contribution in [-0.2, 0) is 9.53 Å². The molecule has 0 saturated heterocycles. The molecule has 1 N–H and O–H groups in total. The molecular weight excluding hydrogens is 142 g/mol. The molecule has 0 bridgehead atoms. The molecule has 1 unspecified atom stereocenters. The minimum Gasteiger partial charge on any atom is -0.366 e. The predicted octanol–water partition coefficient (Wildman–Crippen LogP) is 0.547. The topological polar surface area (TPSA) is 38.3 Å². The van der Waals surface area contributed by atoms with Gasteiger partial charge in [0.1, 0.15) is 12.0 Å². The summed E-state index contributed by atoms with van der Waals surface area (Å²) >= 11 is 0. The van der Waals surface area contributed by atoms with Crippen molar-refractivity contribution < 1.29 is 9.53 Å². The summed E-state index contributed by atoms with van der Waals surface area (Å²) in [6.45, 7) is 2.00. The Hall–Kier alpha value is -0.410. The molecule has 11 heavy (non-hydrogen) atoms. The second kappa shape index (κ2) is 3.83. The van der Waals surface area contributed by atoms with Crippen LogP contribution < -0.4 is 5.32 Å². The Labute approximate surface area is 67.1 Å².